The second kappa shape index (κ2) is 7.22. The van der Waals surface area contributed by atoms with E-state index in [0.717, 1.165) is 12.1 Å². The Morgan fingerprint density at radius 2 is 2.04 bits per heavy atom. The van der Waals surface area contributed by atoms with Crippen molar-refractivity contribution in [3.05, 3.63) is 40.9 Å². The number of rotatable bonds is 5. The van der Waals surface area contributed by atoms with Gasteiger partial charge in [0.05, 0.1) is 18.1 Å². The van der Waals surface area contributed by atoms with Crippen LogP contribution in [0, 0.1) is 5.82 Å². The van der Waals surface area contributed by atoms with Gasteiger partial charge in [-0.2, -0.15) is 4.31 Å². The van der Waals surface area contributed by atoms with Crippen LogP contribution in [0.4, 0.5) is 4.39 Å². The second-order valence-corrected chi connectivity index (χ2v) is 8.19. The van der Waals surface area contributed by atoms with Gasteiger partial charge in [0, 0.05) is 18.9 Å². The molecule has 2 heterocycles. The van der Waals surface area contributed by atoms with Gasteiger partial charge < -0.3 is 9.47 Å². The molecule has 1 fully saturated rings. The summed E-state index contributed by atoms with van der Waals surface area (Å²) in [6.45, 7) is 0.380. The minimum absolute atomic E-state index is 0.0991. The summed E-state index contributed by atoms with van der Waals surface area (Å²) in [7, 11) is -2.56. The maximum absolute atomic E-state index is 13.5. The summed E-state index contributed by atoms with van der Waals surface area (Å²) in [4.78, 5) is 7.82. The Labute approximate surface area is 153 Å². The van der Waals surface area contributed by atoms with Gasteiger partial charge in [-0.3, -0.25) is 0 Å². The molecule has 0 radical (unpaired) electrons. The highest BCUT2D eigenvalue weighted by Crippen LogP contribution is 2.30. The number of halogens is 2. The minimum atomic E-state index is -3.90. The van der Waals surface area contributed by atoms with Crippen LogP contribution in [0.3, 0.4) is 0 Å². The number of hydrogen-bond donors (Lipinski definition) is 0. The number of methoxy groups -OCH3 is 1. The summed E-state index contributed by atoms with van der Waals surface area (Å²) in [5, 5.41) is 0. The van der Waals surface area contributed by atoms with Crippen LogP contribution in [0.1, 0.15) is 6.42 Å². The highest BCUT2D eigenvalue weighted by Gasteiger charge is 2.35. The third-order valence-electron chi connectivity index (χ3n) is 3.72. The Morgan fingerprint density at radius 1 is 1.32 bits per heavy atom. The predicted molar refractivity (Wildman–Crippen MR) is 90.5 cm³/mol. The van der Waals surface area contributed by atoms with E-state index in [1.165, 1.54) is 17.5 Å². The molecule has 134 valence electrons. The highest BCUT2D eigenvalue weighted by molar-refractivity contribution is 9.10. The molecule has 0 bridgehead atoms. The second-order valence-electron chi connectivity index (χ2n) is 5.37. The van der Waals surface area contributed by atoms with Gasteiger partial charge >= 0.3 is 6.01 Å². The molecule has 1 aromatic carbocycles. The Balaban J connectivity index is 1.76. The molecule has 7 nitrogen and oxygen atoms in total. The van der Waals surface area contributed by atoms with Gasteiger partial charge in [0.1, 0.15) is 22.6 Å². The maximum Gasteiger partial charge on any atom is 0.316 e. The first-order valence-electron chi connectivity index (χ1n) is 7.38. The summed E-state index contributed by atoms with van der Waals surface area (Å²) in [6.07, 6.45) is 3.19. The van der Waals surface area contributed by atoms with Crippen molar-refractivity contribution in [2.75, 3.05) is 20.2 Å². The lowest BCUT2D eigenvalue weighted by molar-refractivity contribution is 0.197. The molecule has 0 spiro atoms. The summed E-state index contributed by atoms with van der Waals surface area (Å²) in [5.41, 5.74) is 0. The lowest BCUT2D eigenvalue weighted by Gasteiger charge is -2.18. The van der Waals surface area contributed by atoms with Gasteiger partial charge in [-0.05, 0) is 40.5 Å². The lowest BCUT2D eigenvalue weighted by atomic mass is 10.3. The molecule has 0 aliphatic carbocycles. The standard InChI is InChI=1S/C15H15BrFN3O4S/c1-23-13-3-2-11(17)6-14(13)25(21,22)20-5-4-12(9-20)24-15-18-7-10(16)8-19-15/h2-3,6-8,12H,4-5,9H2,1H3. The van der Waals surface area contributed by atoms with Gasteiger partial charge in [0.15, 0.2) is 0 Å². The van der Waals surface area contributed by atoms with Crippen LogP contribution in [-0.2, 0) is 10.0 Å². The lowest BCUT2D eigenvalue weighted by Crippen LogP contribution is -2.31. The molecule has 10 heteroatoms. The van der Waals surface area contributed by atoms with Gasteiger partial charge in [-0.15, -0.1) is 0 Å². The molecular weight excluding hydrogens is 417 g/mol. The van der Waals surface area contributed by atoms with Crippen molar-refractivity contribution in [3.63, 3.8) is 0 Å². The van der Waals surface area contributed by atoms with Crippen LogP contribution >= 0.6 is 15.9 Å². The monoisotopic (exact) mass is 431 g/mol. The summed E-state index contributed by atoms with van der Waals surface area (Å²) in [6, 6.07) is 3.58. The average molecular weight is 432 g/mol. The zero-order valence-electron chi connectivity index (χ0n) is 13.2. The molecule has 1 atom stereocenters. The number of sulfonamides is 1. The van der Waals surface area contributed by atoms with E-state index in [1.807, 2.05) is 0 Å². The number of hydrogen-bond acceptors (Lipinski definition) is 6. The first kappa shape index (κ1) is 18.0. The van der Waals surface area contributed by atoms with Crippen molar-refractivity contribution in [3.8, 4) is 11.8 Å². The first-order chi connectivity index (χ1) is 11.9. The van der Waals surface area contributed by atoms with Crippen molar-refractivity contribution in [2.45, 2.75) is 17.4 Å². The molecule has 1 aromatic heterocycles. The van der Waals surface area contributed by atoms with E-state index in [4.69, 9.17) is 9.47 Å². The molecule has 25 heavy (non-hydrogen) atoms. The van der Waals surface area contributed by atoms with Crippen LogP contribution in [0.5, 0.6) is 11.8 Å². The first-order valence-corrected chi connectivity index (χ1v) is 9.61. The Hall–Kier alpha value is -1.78. The maximum atomic E-state index is 13.5. The van der Waals surface area contributed by atoms with E-state index in [9.17, 15) is 12.8 Å². The van der Waals surface area contributed by atoms with Crippen molar-refractivity contribution in [1.29, 1.82) is 0 Å². The predicted octanol–water partition coefficient (Wildman–Crippen LogP) is 2.23. The molecule has 1 unspecified atom stereocenters. The molecule has 0 amide bonds. The average Bonchev–Trinajstić information content (AvgIpc) is 3.06. The number of nitrogens with zero attached hydrogens (tertiary/aromatic N) is 3. The molecule has 3 rings (SSSR count). The fourth-order valence-electron chi connectivity index (χ4n) is 2.51. The van der Waals surface area contributed by atoms with Crippen LogP contribution < -0.4 is 9.47 Å². The van der Waals surface area contributed by atoms with E-state index in [2.05, 4.69) is 25.9 Å². The van der Waals surface area contributed by atoms with Crippen molar-refractivity contribution >= 4 is 26.0 Å². The fourth-order valence-corrected chi connectivity index (χ4v) is 4.37. The van der Waals surface area contributed by atoms with Crippen LogP contribution in [-0.4, -0.2) is 49.0 Å². The fraction of sp³-hybridized carbons (Fsp3) is 0.333. The third kappa shape index (κ3) is 3.91. The largest absolute Gasteiger partial charge is 0.495 e. The van der Waals surface area contributed by atoms with Crippen LogP contribution in [0.25, 0.3) is 0 Å². The van der Waals surface area contributed by atoms with Crippen molar-refractivity contribution in [2.24, 2.45) is 0 Å². The van der Waals surface area contributed by atoms with Crippen molar-refractivity contribution in [1.82, 2.24) is 14.3 Å². The Bertz CT molecular complexity index is 864. The Kier molecular flexibility index (Phi) is 5.21. The zero-order valence-corrected chi connectivity index (χ0v) is 15.6. The zero-order chi connectivity index (χ0) is 18.0. The van der Waals surface area contributed by atoms with E-state index in [-0.39, 0.29) is 35.8 Å². The molecule has 1 aliphatic heterocycles. The topological polar surface area (TPSA) is 81.6 Å². The third-order valence-corrected chi connectivity index (χ3v) is 6.02. The van der Waals surface area contributed by atoms with Gasteiger partial charge in [-0.25, -0.2) is 22.8 Å². The normalized spacial score (nSPS) is 18.3. The quantitative estimate of drug-likeness (QED) is 0.721. The summed E-state index contributed by atoms with van der Waals surface area (Å²) < 4.78 is 51.7. The SMILES string of the molecule is COc1ccc(F)cc1S(=O)(=O)N1CCC(Oc2ncc(Br)cn2)C1. The number of aromatic nitrogens is 2. The van der Waals surface area contributed by atoms with Gasteiger partial charge in [0.25, 0.3) is 0 Å². The van der Waals surface area contributed by atoms with Crippen molar-refractivity contribution < 1.29 is 22.3 Å². The number of benzene rings is 1. The van der Waals surface area contributed by atoms with Crippen LogP contribution in [0.2, 0.25) is 0 Å². The minimum Gasteiger partial charge on any atom is -0.495 e. The van der Waals surface area contributed by atoms with Crippen LogP contribution in [0.15, 0.2) is 40.0 Å². The van der Waals surface area contributed by atoms with Gasteiger partial charge in [0.2, 0.25) is 10.0 Å². The summed E-state index contributed by atoms with van der Waals surface area (Å²) in [5.74, 6) is -0.545. The van der Waals surface area contributed by atoms with E-state index >= 15 is 0 Å². The van der Waals surface area contributed by atoms with E-state index < -0.39 is 15.8 Å². The van der Waals surface area contributed by atoms with E-state index in [1.54, 1.807) is 12.4 Å². The van der Waals surface area contributed by atoms with Gasteiger partial charge in [-0.1, -0.05) is 0 Å². The summed E-state index contributed by atoms with van der Waals surface area (Å²) >= 11 is 3.23. The van der Waals surface area contributed by atoms with E-state index in [0.29, 0.717) is 10.9 Å². The molecule has 0 saturated carbocycles. The number of ether oxygens (including phenoxy) is 2. The smallest absolute Gasteiger partial charge is 0.316 e. The Morgan fingerprint density at radius 3 is 2.72 bits per heavy atom. The highest BCUT2D eigenvalue weighted by atomic mass is 79.9. The molecular formula is C15H15BrFN3O4S. The molecule has 0 N–H and O–H groups in total. The molecule has 1 saturated heterocycles. The molecule has 1 aliphatic rings. The molecule has 2 aromatic rings.